The summed E-state index contributed by atoms with van der Waals surface area (Å²) in [5.74, 6) is 0. The summed E-state index contributed by atoms with van der Waals surface area (Å²) in [6.45, 7) is 2.39. The molecule has 0 fully saturated rings. The summed E-state index contributed by atoms with van der Waals surface area (Å²) in [5, 5.41) is 5.57. The number of benzene rings is 1. The maximum atomic E-state index is 11.6. The van der Waals surface area contributed by atoms with Crippen molar-refractivity contribution in [2.45, 2.75) is 17.9 Å². The molecule has 0 radical (unpaired) electrons. The van der Waals surface area contributed by atoms with E-state index in [0.29, 0.717) is 6.61 Å². The quantitative estimate of drug-likeness (QED) is 0.794. The first kappa shape index (κ1) is 13.9. The lowest BCUT2D eigenvalue weighted by Gasteiger charge is -2.13. The zero-order valence-electron chi connectivity index (χ0n) is 10.3. The molecule has 94 valence electrons. The lowest BCUT2D eigenvalue weighted by molar-refractivity contribution is 0.173. The number of hydrogen-bond donors (Lipinski definition) is 2. The fourth-order valence-corrected chi connectivity index (χ4v) is 1.84. The lowest BCUT2D eigenvalue weighted by atomic mass is 10.3. The first-order chi connectivity index (χ1) is 8.15. The predicted octanol–water partition coefficient (Wildman–Crippen LogP) is 2.56. The Hall–Kier alpha value is -1.20. The standard InChI is InChI=1S/C12H18N2O2S/c1-9(8-16-2)13-12(15)14-10-5-4-6-11(7-10)17-3/h4-7,9H,8H2,1-3H3,(H2,13,14,15)/t9-/m0/s1. The van der Waals surface area contributed by atoms with Crippen LogP contribution in [0.5, 0.6) is 0 Å². The molecule has 4 nitrogen and oxygen atoms in total. The largest absolute Gasteiger partial charge is 0.383 e. The van der Waals surface area contributed by atoms with Crippen LogP contribution < -0.4 is 10.6 Å². The average molecular weight is 254 g/mol. The van der Waals surface area contributed by atoms with Crippen molar-refractivity contribution in [2.75, 3.05) is 25.3 Å². The molecule has 1 atom stereocenters. The number of rotatable bonds is 5. The van der Waals surface area contributed by atoms with Gasteiger partial charge in [0.25, 0.3) is 0 Å². The van der Waals surface area contributed by atoms with Gasteiger partial charge in [0.15, 0.2) is 0 Å². The van der Waals surface area contributed by atoms with Crippen LogP contribution in [0.3, 0.4) is 0 Å². The zero-order chi connectivity index (χ0) is 12.7. The van der Waals surface area contributed by atoms with Crippen molar-refractivity contribution in [3.05, 3.63) is 24.3 Å². The molecule has 0 saturated heterocycles. The molecule has 1 aromatic carbocycles. The molecule has 0 saturated carbocycles. The number of amides is 2. The minimum absolute atomic E-state index is 0.0104. The molecular weight excluding hydrogens is 236 g/mol. The second-order valence-electron chi connectivity index (χ2n) is 3.69. The summed E-state index contributed by atoms with van der Waals surface area (Å²) in [7, 11) is 1.61. The van der Waals surface area contributed by atoms with Crippen LogP contribution in [-0.4, -0.2) is 32.0 Å². The van der Waals surface area contributed by atoms with Gasteiger partial charge in [0.2, 0.25) is 0 Å². The Kier molecular flexibility index (Phi) is 5.86. The van der Waals surface area contributed by atoms with Gasteiger partial charge >= 0.3 is 6.03 Å². The van der Waals surface area contributed by atoms with E-state index >= 15 is 0 Å². The van der Waals surface area contributed by atoms with Gasteiger partial charge in [-0.1, -0.05) is 6.07 Å². The van der Waals surface area contributed by atoms with E-state index in [1.54, 1.807) is 18.9 Å². The Morgan fingerprint density at radius 2 is 2.29 bits per heavy atom. The number of carbonyl (C=O) groups is 1. The minimum atomic E-state index is -0.215. The number of methoxy groups -OCH3 is 1. The molecular formula is C12H18N2O2S. The summed E-state index contributed by atoms with van der Waals surface area (Å²) in [6, 6.07) is 7.49. The third kappa shape index (κ3) is 5.10. The molecule has 0 heterocycles. The van der Waals surface area contributed by atoms with Crippen molar-refractivity contribution >= 4 is 23.5 Å². The minimum Gasteiger partial charge on any atom is -0.383 e. The van der Waals surface area contributed by atoms with Crippen LogP contribution in [0.15, 0.2) is 29.2 Å². The number of urea groups is 1. The Balaban J connectivity index is 2.49. The number of ether oxygens (including phenoxy) is 1. The van der Waals surface area contributed by atoms with Gasteiger partial charge in [0.1, 0.15) is 0 Å². The van der Waals surface area contributed by atoms with Crippen molar-refractivity contribution in [1.29, 1.82) is 0 Å². The molecule has 0 aliphatic heterocycles. The van der Waals surface area contributed by atoms with E-state index < -0.39 is 0 Å². The lowest BCUT2D eigenvalue weighted by Crippen LogP contribution is -2.38. The fraction of sp³-hybridized carbons (Fsp3) is 0.417. The van der Waals surface area contributed by atoms with Crippen LogP contribution >= 0.6 is 11.8 Å². The van der Waals surface area contributed by atoms with Crippen molar-refractivity contribution in [3.63, 3.8) is 0 Å². The molecule has 1 aromatic rings. The molecule has 5 heteroatoms. The van der Waals surface area contributed by atoms with Gasteiger partial charge in [0.05, 0.1) is 12.6 Å². The predicted molar refractivity (Wildman–Crippen MR) is 71.7 cm³/mol. The first-order valence-electron chi connectivity index (χ1n) is 5.36. The van der Waals surface area contributed by atoms with Gasteiger partial charge in [-0.3, -0.25) is 0 Å². The number of anilines is 1. The van der Waals surface area contributed by atoms with E-state index in [-0.39, 0.29) is 12.1 Å². The smallest absolute Gasteiger partial charge is 0.319 e. The number of nitrogens with one attached hydrogen (secondary N) is 2. The van der Waals surface area contributed by atoms with E-state index in [9.17, 15) is 4.79 Å². The monoisotopic (exact) mass is 254 g/mol. The van der Waals surface area contributed by atoms with Gasteiger partial charge in [-0.05, 0) is 31.4 Å². The molecule has 2 amide bonds. The molecule has 17 heavy (non-hydrogen) atoms. The molecule has 2 N–H and O–H groups in total. The average Bonchev–Trinajstić information content (AvgIpc) is 2.29. The molecule has 0 bridgehead atoms. The number of carbonyl (C=O) groups excluding carboxylic acids is 1. The van der Waals surface area contributed by atoms with Gasteiger partial charge < -0.3 is 15.4 Å². The molecule has 0 aliphatic carbocycles. The van der Waals surface area contributed by atoms with Gasteiger partial charge in [-0.25, -0.2) is 4.79 Å². The zero-order valence-corrected chi connectivity index (χ0v) is 11.1. The van der Waals surface area contributed by atoms with Crippen LogP contribution in [0, 0.1) is 0 Å². The van der Waals surface area contributed by atoms with Crippen molar-refractivity contribution in [1.82, 2.24) is 5.32 Å². The highest BCUT2D eigenvalue weighted by Gasteiger charge is 2.06. The van der Waals surface area contributed by atoms with Crippen LogP contribution in [0.2, 0.25) is 0 Å². The van der Waals surface area contributed by atoms with Crippen LogP contribution in [-0.2, 0) is 4.74 Å². The number of thioether (sulfide) groups is 1. The SMILES string of the molecule is COC[C@H](C)NC(=O)Nc1cccc(SC)c1. The summed E-state index contributed by atoms with van der Waals surface area (Å²) in [6.07, 6.45) is 2.00. The van der Waals surface area contributed by atoms with E-state index in [2.05, 4.69) is 10.6 Å². The molecule has 1 rings (SSSR count). The highest BCUT2D eigenvalue weighted by Crippen LogP contribution is 2.18. The Morgan fingerprint density at radius 1 is 1.53 bits per heavy atom. The van der Waals surface area contributed by atoms with Crippen LogP contribution in [0.25, 0.3) is 0 Å². The topological polar surface area (TPSA) is 50.4 Å². The van der Waals surface area contributed by atoms with E-state index in [1.807, 2.05) is 37.4 Å². The molecule has 0 spiro atoms. The number of hydrogen-bond acceptors (Lipinski definition) is 3. The van der Waals surface area contributed by atoms with Crippen molar-refractivity contribution in [2.24, 2.45) is 0 Å². The summed E-state index contributed by atoms with van der Waals surface area (Å²) in [5.41, 5.74) is 0.791. The Bertz CT molecular complexity index is 371. The third-order valence-corrected chi connectivity index (χ3v) is 2.85. The Morgan fingerprint density at radius 3 is 2.94 bits per heavy atom. The highest BCUT2D eigenvalue weighted by molar-refractivity contribution is 7.98. The maximum Gasteiger partial charge on any atom is 0.319 e. The molecule has 0 aromatic heterocycles. The van der Waals surface area contributed by atoms with Gasteiger partial charge in [-0.2, -0.15) is 0 Å². The first-order valence-corrected chi connectivity index (χ1v) is 6.58. The van der Waals surface area contributed by atoms with E-state index in [1.165, 1.54) is 0 Å². The second-order valence-corrected chi connectivity index (χ2v) is 4.57. The summed E-state index contributed by atoms with van der Waals surface area (Å²) >= 11 is 1.64. The Labute approximate surface area is 106 Å². The highest BCUT2D eigenvalue weighted by atomic mass is 32.2. The van der Waals surface area contributed by atoms with Crippen LogP contribution in [0.4, 0.5) is 10.5 Å². The van der Waals surface area contributed by atoms with Crippen LogP contribution in [0.1, 0.15) is 6.92 Å². The maximum absolute atomic E-state index is 11.6. The van der Waals surface area contributed by atoms with Gasteiger partial charge in [-0.15, -0.1) is 11.8 Å². The fourth-order valence-electron chi connectivity index (χ4n) is 1.38. The summed E-state index contributed by atoms with van der Waals surface area (Å²) < 4.78 is 4.95. The second kappa shape index (κ2) is 7.19. The van der Waals surface area contributed by atoms with E-state index in [4.69, 9.17) is 4.74 Å². The van der Waals surface area contributed by atoms with Gasteiger partial charge in [0, 0.05) is 17.7 Å². The van der Waals surface area contributed by atoms with Crippen molar-refractivity contribution < 1.29 is 9.53 Å². The summed E-state index contributed by atoms with van der Waals surface area (Å²) in [4.78, 5) is 12.7. The normalized spacial score (nSPS) is 11.9. The molecule has 0 unspecified atom stereocenters. The van der Waals surface area contributed by atoms with Crippen molar-refractivity contribution in [3.8, 4) is 0 Å². The van der Waals surface area contributed by atoms with E-state index in [0.717, 1.165) is 10.6 Å². The third-order valence-electron chi connectivity index (χ3n) is 2.12. The molecule has 0 aliphatic rings.